The fourth-order valence-corrected chi connectivity index (χ4v) is 1.89. The molecule has 0 aliphatic rings. The van der Waals surface area contributed by atoms with Crippen molar-refractivity contribution >= 4 is 22.8 Å². The SMILES string of the molecule is CCN(CCC(=O)O)C(=O)c1ccc2[nH]ncc2c1. The number of carbonyl (C=O) groups excluding carboxylic acids is 1. The highest BCUT2D eigenvalue weighted by Gasteiger charge is 2.15. The second-order valence-electron chi connectivity index (χ2n) is 4.20. The van der Waals surface area contributed by atoms with Gasteiger partial charge in [-0.15, -0.1) is 0 Å². The van der Waals surface area contributed by atoms with Crippen molar-refractivity contribution < 1.29 is 14.7 Å². The Kier molecular flexibility index (Phi) is 3.79. The van der Waals surface area contributed by atoms with Crippen molar-refractivity contribution in [3.05, 3.63) is 30.0 Å². The van der Waals surface area contributed by atoms with Gasteiger partial charge in [-0.3, -0.25) is 14.7 Å². The van der Waals surface area contributed by atoms with Crippen LogP contribution in [0.2, 0.25) is 0 Å². The lowest BCUT2D eigenvalue weighted by Gasteiger charge is -2.20. The zero-order chi connectivity index (χ0) is 13.8. The second kappa shape index (κ2) is 5.51. The largest absolute Gasteiger partial charge is 0.481 e. The molecule has 1 amide bonds. The predicted molar refractivity (Wildman–Crippen MR) is 69.9 cm³/mol. The Hall–Kier alpha value is -2.37. The third-order valence-corrected chi connectivity index (χ3v) is 2.95. The number of hydrogen-bond acceptors (Lipinski definition) is 3. The molecule has 0 unspecified atom stereocenters. The van der Waals surface area contributed by atoms with Crippen molar-refractivity contribution in [2.75, 3.05) is 13.1 Å². The molecule has 0 atom stereocenters. The van der Waals surface area contributed by atoms with Crippen molar-refractivity contribution in [2.24, 2.45) is 0 Å². The molecule has 0 radical (unpaired) electrons. The maximum Gasteiger partial charge on any atom is 0.305 e. The molecular formula is C13H15N3O3. The first-order valence-corrected chi connectivity index (χ1v) is 6.06. The van der Waals surface area contributed by atoms with Gasteiger partial charge >= 0.3 is 5.97 Å². The normalized spacial score (nSPS) is 10.6. The molecule has 2 rings (SSSR count). The Morgan fingerprint density at radius 2 is 2.21 bits per heavy atom. The van der Waals surface area contributed by atoms with Crippen LogP contribution in [0, 0.1) is 0 Å². The molecule has 6 heteroatoms. The third-order valence-electron chi connectivity index (χ3n) is 2.95. The molecule has 0 aliphatic carbocycles. The first-order chi connectivity index (χ1) is 9.11. The van der Waals surface area contributed by atoms with Gasteiger partial charge in [0.15, 0.2) is 0 Å². The number of carboxylic acid groups (broad SMARTS) is 1. The van der Waals surface area contributed by atoms with Gasteiger partial charge in [0.25, 0.3) is 5.91 Å². The lowest BCUT2D eigenvalue weighted by molar-refractivity contribution is -0.137. The van der Waals surface area contributed by atoms with Crippen molar-refractivity contribution in [2.45, 2.75) is 13.3 Å². The summed E-state index contributed by atoms with van der Waals surface area (Å²) < 4.78 is 0. The van der Waals surface area contributed by atoms with Crippen LogP contribution in [0.3, 0.4) is 0 Å². The van der Waals surface area contributed by atoms with Gasteiger partial charge in [-0.05, 0) is 25.1 Å². The van der Waals surface area contributed by atoms with Crippen molar-refractivity contribution in [1.82, 2.24) is 15.1 Å². The van der Waals surface area contributed by atoms with E-state index < -0.39 is 5.97 Å². The number of H-pyrrole nitrogens is 1. The molecule has 100 valence electrons. The molecule has 0 aliphatic heterocycles. The van der Waals surface area contributed by atoms with Crippen LogP contribution in [0.15, 0.2) is 24.4 Å². The monoisotopic (exact) mass is 261 g/mol. The summed E-state index contributed by atoms with van der Waals surface area (Å²) in [6, 6.07) is 5.26. The molecule has 2 aromatic rings. The number of nitrogens with zero attached hydrogens (tertiary/aromatic N) is 2. The average molecular weight is 261 g/mol. The fourth-order valence-electron chi connectivity index (χ4n) is 1.89. The molecule has 2 N–H and O–H groups in total. The van der Waals surface area contributed by atoms with Gasteiger partial charge in [0, 0.05) is 24.0 Å². The van der Waals surface area contributed by atoms with Crippen molar-refractivity contribution in [3.8, 4) is 0 Å². The number of nitrogens with one attached hydrogen (secondary N) is 1. The summed E-state index contributed by atoms with van der Waals surface area (Å²) in [4.78, 5) is 24.3. The van der Waals surface area contributed by atoms with Crippen molar-refractivity contribution in [3.63, 3.8) is 0 Å². The molecular weight excluding hydrogens is 246 g/mol. The molecule has 6 nitrogen and oxygen atoms in total. The highest BCUT2D eigenvalue weighted by Crippen LogP contribution is 2.14. The first kappa shape index (κ1) is 13.1. The number of carbonyl (C=O) groups is 2. The minimum Gasteiger partial charge on any atom is -0.481 e. The lowest BCUT2D eigenvalue weighted by atomic mass is 10.1. The van der Waals surface area contributed by atoms with E-state index in [1.54, 1.807) is 24.4 Å². The minimum atomic E-state index is -0.906. The fraction of sp³-hybridized carbons (Fsp3) is 0.308. The maximum absolute atomic E-state index is 12.3. The summed E-state index contributed by atoms with van der Waals surface area (Å²) >= 11 is 0. The topological polar surface area (TPSA) is 86.3 Å². The van der Waals surface area contributed by atoms with E-state index in [1.165, 1.54) is 4.90 Å². The molecule has 0 saturated carbocycles. The first-order valence-electron chi connectivity index (χ1n) is 6.06. The number of amides is 1. The van der Waals surface area contributed by atoms with Crippen LogP contribution in [0.25, 0.3) is 10.9 Å². The Balaban J connectivity index is 2.18. The number of rotatable bonds is 5. The summed E-state index contributed by atoms with van der Waals surface area (Å²) in [5.41, 5.74) is 1.41. The Morgan fingerprint density at radius 3 is 2.89 bits per heavy atom. The number of aliphatic carboxylic acids is 1. The van der Waals surface area contributed by atoms with Gasteiger partial charge in [-0.25, -0.2) is 0 Å². The summed E-state index contributed by atoms with van der Waals surface area (Å²) in [6.45, 7) is 2.53. The standard InChI is InChI=1S/C13H15N3O3/c1-2-16(6-5-12(17)18)13(19)9-3-4-11-10(7-9)8-14-15-11/h3-4,7-8H,2,5-6H2,1H3,(H,14,15)(H,17,18). The molecule has 19 heavy (non-hydrogen) atoms. The predicted octanol–water partition coefficient (Wildman–Crippen LogP) is 1.50. The maximum atomic E-state index is 12.3. The van der Waals surface area contributed by atoms with E-state index in [1.807, 2.05) is 6.92 Å². The van der Waals surface area contributed by atoms with Crippen LogP contribution in [-0.4, -0.2) is 45.2 Å². The van der Waals surface area contributed by atoms with E-state index in [0.717, 1.165) is 10.9 Å². The average Bonchev–Trinajstić information content (AvgIpc) is 2.85. The zero-order valence-electron chi connectivity index (χ0n) is 10.6. The Labute approximate surface area is 110 Å². The van der Waals surface area contributed by atoms with Crippen molar-refractivity contribution in [1.29, 1.82) is 0 Å². The van der Waals surface area contributed by atoms with Gasteiger partial charge in [0.1, 0.15) is 0 Å². The highest BCUT2D eigenvalue weighted by molar-refractivity contribution is 5.98. The third kappa shape index (κ3) is 2.90. The van der Waals surface area contributed by atoms with E-state index >= 15 is 0 Å². The number of aromatic nitrogens is 2. The van der Waals surface area contributed by atoms with Gasteiger partial charge in [0.05, 0.1) is 18.1 Å². The molecule has 0 bridgehead atoms. The summed E-state index contributed by atoms with van der Waals surface area (Å²) in [5.74, 6) is -1.07. The quantitative estimate of drug-likeness (QED) is 0.854. The Bertz CT molecular complexity index is 606. The van der Waals surface area contributed by atoms with Gasteiger partial charge < -0.3 is 10.0 Å². The lowest BCUT2D eigenvalue weighted by Crippen LogP contribution is -2.32. The Morgan fingerprint density at radius 1 is 1.42 bits per heavy atom. The molecule has 0 saturated heterocycles. The molecule has 1 aromatic carbocycles. The second-order valence-corrected chi connectivity index (χ2v) is 4.20. The van der Waals surface area contributed by atoms with E-state index in [2.05, 4.69) is 10.2 Å². The molecule has 1 aromatic heterocycles. The smallest absolute Gasteiger partial charge is 0.305 e. The molecule has 1 heterocycles. The van der Waals surface area contributed by atoms with Crippen LogP contribution < -0.4 is 0 Å². The minimum absolute atomic E-state index is 0.0481. The van der Waals surface area contributed by atoms with Gasteiger partial charge in [-0.2, -0.15) is 5.10 Å². The summed E-state index contributed by atoms with van der Waals surface area (Å²) in [6.07, 6.45) is 1.60. The van der Waals surface area contributed by atoms with E-state index in [4.69, 9.17) is 5.11 Å². The van der Waals surface area contributed by atoms with Crippen LogP contribution in [-0.2, 0) is 4.79 Å². The van der Waals surface area contributed by atoms with E-state index in [0.29, 0.717) is 12.1 Å². The number of carboxylic acids is 1. The van der Waals surface area contributed by atoms with Crippen LogP contribution in [0.1, 0.15) is 23.7 Å². The van der Waals surface area contributed by atoms with Crippen LogP contribution >= 0.6 is 0 Å². The number of benzene rings is 1. The highest BCUT2D eigenvalue weighted by atomic mass is 16.4. The molecule has 0 fully saturated rings. The summed E-state index contributed by atoms with van der Waals surface area (Å²) in [5, 5.41) is 16.2. The zero-order valence-corrected chi connectivity index (χ0v) is 10.6. The van der Waals surface area contributed by atoms with E-state index in [9.17, 15) is 9.59 Å². The van der Waals surface area contributed by atoms with Gasteiger partial charge in [0.2, 0.25) is 0 Å². The van der Waals surface area contributed by atoms with E-state index in [-0.39, 0.29) is 18.9 Å². The number of fused-ring (bicyclic) bond motifs is 1. The van der Waals surface area contributed by atoms with Gasteiger partial charge in [-0.1, -0.05) is 0 Å². The molecule has 0 spiro atoms. The van der Waals surface area contributed by atoms with Crippen LogP contribution in [0.5, 0.6) is 0 Å². The number of hydrogen-bond donors (Lipinski definition) is 2. The summed E-state index contributed by atoms with van der Waals surface area (Å²) in [7, 11) is 0. The number of aromatic amines is 1. The van der Waals surface area contributed by atoms with Crippen LogP contribution in [0.4, 0.5) is 0 Å².